The summed E-state index contributed by atoms with van der Waals surface area (Å²) in [6, 6.07) is 13.5. The van der Waals surface area contributed by atoms with Crippen molar-refractivity contribution >= 4 is 15.9 Å². The fourth-order valence-corrected chi connectivity index (χ4v) is 5.64. The molecule has 168 valence electrons. The number of fused-ring (bicyclic) bond motifs is 1. The van der Waals surface area contributed by atoms with E-state index in [0.29, 0.717) is 37.6 Å². The molecule has 2 aliphatic rings. The first-order valence-corrected chi connectivity index (χ1v) is 12.0. The van der Waals surface area contributed by atoms with E-state index in [1.807, 2.05) is 31.2 Å². The summed E-state index contributed by atoms with van der Waals surface area (Å²) < 4.78 is 38.5. The molecule has 0 aliphatic carbocycles. The molecule has 4 rings (SSSR count). The maximum absolute atomic E-state index is 13.0. The van der Waals surface area contributed by atoms with E-state index in [4.69, 9.17) is 9.47 Å². The van der Waals surface area contributed by atoms with Crippen molar-refractivity contribution in [1.82, 2.24) is 9.62 Å². The number of rotatable bonds is 5. The zero-order valence-corrected chi connectivity index (χ0v) is 18.6. The summed E-state index contributed by atoms with van der Waals surface area (Å²) >= 11 is 0. The number of nitrogens with zero attached hydrogens (tertiary/aromatic N) is 2. The van der Waals surface area contributed by atoms with Crippen molar-refractivity contribution in [3.8, 4) is 17.6 Å². The van der Waals surface area contributed by atoms with Crippen LogP contribution in [0.1, 0.15) is 36.9 Å². The van der Waals surface area contributed by atoms with Crippen LogP contribution in [-0.2, 0) is 14.8 Å². The van der Waals surface area contributed by atoms with Crippen LogP contribution < -0.4 is 14.8 Å². The maximum atomic E-state index is 13.0. The second-order valence-electron chi connectivity index (χ2n) is 7.92. The Labute approximate surface area is 187 Å². The second-order valence-corrected chi connectivity index (χ2v) is 9.83. The van der Waals surface area contributed by atoms with Crippen molar-refractivity contribution in [2.75, 3.05) is 26.3 Å². The van der Waals surface area contributed by atoms with Gasteiger partial charge < -0.3 is 14.8 Å². The first kappa shape index (κ1) is 22.1. The summed E-state index contributed by atoms with van der Waals surface area (Å²) in [7, 11) is -3.78. The molecule has 8 nitrogen and oxygen atoms in total. The van der Waals surface area contributed by atoms with Crippen LogP contribution in [0.25, 0.3) is 0 Å². The molecule has 2 heterocycles. The molecule has 1 amide bonds. The van der Waals surface area contributed by atoms with E-state index in [0.717, 1.165) is 5.56 Å². The van der Waals surface area contributed by atoms with Crippen LogP contribution in [0.3, 0.4) is 0 Å². The molecule has 0 unspecified atom stereocenters. The van der Waals surface area contributed by atoms with E-state index < -0.39 is 10.0 Å². The van der Waals surface area contributed by atoms with Crippen molar-refractivity contribution in [2.24, 2.45) is 5.92 Å². The molecule has 0 radical (unpaired) electrons. The van der Waals surface area contributed by atoms with Gasteiger partial charge in [-0.3, -0.25) is 4.79 Å². The minimum atomic E-state index is -3.78. The molecule has 0 spiro atoms. The predicted molar refractivity (Wildman–Crippen MR) is 117 cm³/mol. The third-order valence-electron chi connectivity index (χ3n) is 5.88. The van der Waals surface area contributed by atoms with Gasteiger partial charge in [-0.15, -0.1) is 0 Å². The van der Waals surface area contributed by atoms with Gasteiger partial charge in [0.15, 0.2) is 11.5 Å². The van der Waals surface area contributed by atoms with Gasteiger partial charge in [0.2, 0.25) is 15.9 Å². The molecule has 0 saturated carbocycles. The van der Waals surface area contributed by atoms with Crippen molar-refractivity contribution < 1.29 is 22.7 Å². The molecule has 1 atom stereocenters. The van der Waals surface area contributed by atoms with Gasteiger partial charge in [-0.25, -0.2) is 8.42 Å². The summed E-state index contributed by atoms with van der Waals surface area (Å²) in [4.78, 5) is 12.8. The van der Waals surface area contributed by atoms with Gasteiger partial charge >= 0.3 is 0 Å². The highest BCUT2D eigenvalue weighted by molar-refractivity contribution is 7.89. The molecular formula is C23H25N3O5S. The number of ether oxygens (including phenoxy) is 2. The number of carbonyl (C=O) groups excluding carboxylic acids is 1. The first-order chi connectivity index (χ1) is 15.4. The number of benzene rings is 2. The average molecular weight is 456 g/mol. The molecule has 9 heteroatoms. The van der Waals surface area contributed by atoms with E-state index in [1.54, 1.807) is 12.1 Å². The van der Waals surface area contributed by atoms with Gasteiger partial charge in [0.25, 0.3) is 0 Å². The van der Waals surface area contributed by atoms with E-state index >= 15 is 0 Å². The summed E-state index contributed by atoms with van der Waals surface area (Å²) in [6.07, 6.45) is 0.848. The van der Waals surface area contributed by atoms with Crippen molar-refractivity contribution in [1.29, 1.82) is 5.26 Å². The molecule has 32 heavy (non-hydrogen) atoms. The van der Waals surface area contributed by atoms with Crippen LogP contribution in [-0.4, -0.2) is 44.9 Å². The molecule has 2 aromatic rings. The van der Waals surface area contributed by atoms with Gasteiger partial charge in [0, 0.05) is 19.0 Å². The van der Waals surface area contributed by atoms with E-state index in [2.05, 4.69) is 5.32 Å². The number of nitriles is 1. The topological polar surface area (TPSA) is 109 Å². The summed E-state index contributed by atoms with van der Waals surface area (Å²) in [5, 5.41) is 12.3. The van der Waals surface area contributed by atoms with Gasteiger partial charge in [0.1, 0.15) is 19.3 Å². The van der Waals surface area contributed by atoms with Gasteiger partial charge in [-0.05, 0) is 49.6 Å². The molecule has 1 fully saturated rings. The number of amides is 1. The van der Waals surface area contributed by atoms with E-state index in [1.165, 1.54) is 16.4 Å². The highest BCUT2D eigenvalue weighted by Crippen LogP contribution is 2.33. The number of nitrogens with one attached hydrogen (secondary N) is 1. The smallest absolute Gasteiger partial charge is 0.244 e. The van der Waals surface area contributed by atoms with Crippen LogP contribution in [0.15, 0.2) is 47.4 Å². The fourth-order valence-electron chi connectivity index (χ4n) is 4.03. The Balaban J connectivity index is 1.37. The number of piperidine rings is 1. The van der Waals surface area contributed by atoms with Crippen molar-refractivity contribution in [3.63, 3.8) is 0 Å². The molecule has 0 aromatic heterocycles. The predicted octanol–water partition coefficient (Wildman–Crippen LogP) is 2.61. The second kappa shape index (κ2) is 9.18. The average Bonchev–Trinajstić information content (AvgIpc) is 2.83. The molecule has 2 aliphatic heterocycles. The van der Waals surface area contributed by atoms with Crippen LogP contribution in [0.2, 0.25) is 0 Å². The normalized spacial score (nSPS) is 17.9. The standard InChI is InChI=1S/C23H25N3O5S/c1-16(18-6-7-20-21(14-18)31-13-12-30-20)25-23(27)17-8-10-26(11-9-17)32(28,29)22-5-3-2-4-19(22)15-24/h2-7,14,16-17H,8-13H2,1H3,(H,25,27)/t16-/m0/s1. The Morgan fingerprint density at radius 2 is 1.81 bits per heavy atom. The Morgan fingerprint density at radius 1 is 1.12 bits per heavy atom. The molecule has 0 bridgehead atoms. The van der Waals surface area contributed by atoms with Gasteiger partial charge in [0.05, 0.1) is 16.5 Å². The zero-order chi connectivity index (χ0) is 22.7. The van der Waals surface area contributed by atoms with E-state index in [-0.39, 0.29) is 41.4 Å². The Bertz CT molecular complexity index is 1150. The fraction of sp³-hybridized carbons (Fsp3) is 0.391. The van der Waals surface area contributed by atoms with E-state index in [9.17, 15) is 18.5 Å². The quantitative estimate of drug-likeness (QED) is 0.742. The molecule has 2 aromatic carbocycles. The highest BCUT2D eigenvalue weighted by Gasteiger charge is 2.33. The number of carbonyl (C=O) groups is 1. The molecule has 1 saturated heterocycles. The lowest BCUT2D eigenvalue weighted by Crippen LogP contribution is -2.43. The number of hydrogen-bond donors (Lipinski definition) is 1. The van der Waals surface area contributed by atoms with Crippen molar-refractivity contribution in [3.05, 3.63) is 53.6 Å². The number of hydrogen-bond acceptors (Lipinski definition) is 6. The summed E-state index contributed by atoms with van der Waals surface area (Å²) in [6.45, 7) is 3.39. The Morgan fingerprint density at radius 3 is 2.53 bits per heavy atom. The first-order valence-electron chi connectivity index (χ1n) is 10.6. The number of sulfonamides is 1. The lowest BCUT2D eigenvalue weighted by molar-refractivity contribution is -0.126. The van der Waals surface area contributed by atoms with Crippen molar-refractivity contribution in [2.45, 2.75) is 30.7 Å². The van der Waals surface area contributed by atoms with Gasteiger partial charge in [-0.2, -0.15) is 9.57 Å². The van der Waals surface area contributed by atoms with Crippen LogP contribution in [0.5, 0.6) is 11.5 Å². The summed E-state index contributed by atoms with van der Waals surface area (Å²) in [5.74, 6) is 1.00. The van der Waals surface area contributed by atoms with Crippen LogP contribution in [0.4, 0.5) is 0 Å². The summed E-state index contributed by atoms with van der Waals surface area (Å²) in [5.41, 5.74) is 1.04. The Kier molecular flexibility index (Phi) is 6.35. The third kappa shape index (κ3) is 4.42. The largest absolute Gasteiger partial charge is 0.486 e. The minimum absolute atomic E-state index is 0.0117. The minimum Gasteiger partial charge on any atom is -0.486 e. The van der Waals surface area contributed by atoms with Crippen LogP contribution >= 0.6 is 0 Å². The highest BCUT2D eigenvalue weighted by atomic mass is 32.2. The zero-order valence-electron chi connectivity index (χ0n) is 17.8. The monoisotopic (exact) mass is 455 g/mol. The maximum Gasteiger partial charge on any atom is 0.244 e. The van der Waals surface area contributed by atoms with Crippen LogP contribution in [0, 0.1) is 17.2 Å². The SMILES string of the molecule is C[C@H](NC(=O)C1CCN(S(=O)(=O)c2ccccc2C#N)CC1)c1ccc2c(c1)OCCO2. The Hall–Kier alpha value is -3.09. The van der Waals surface area contributed by atoms with Gasteiger partial charge in [-0.1, -0.05) is 18.2 Å². The lowest BCUT2D eigenvalue weighted by Gasteiger charge is -2.31. The molecular weight excluding hydrogens is 430 g/mol. The molecule has 1 N–H and O–H groups in total. The lowest BCUT2D eigenvalue weighted by atomic mass is 9.96. The third-order valence-corrected chi connectivity index (χ3v) is 7.83.